The van der Waals surface area contributed by atoms with Crippen molar-refractivity contribution in [2.45, 2.75) is 26.7 Å². The zero-order valence-corrected chi connectivity index (χ0v) is 12.7. The van der Waals surface area contributed by atoms with Crippen LogP contribution in [0.15, 0.2) is 18.2 Å². The first kappa shape index (κ1) is 16.1. The SMILES string of the molecule is CC(C)CCN(CCC(=O)O)c1ccc(Cl)cc1Cl. The first-order chi connectivity index (χ1) is 8.90. The van der Waals surface area contributed by atoms with Crippen LogP contribution in [-0.4, -0.2) is 24.2 Å². The molecule has 19 heavy (non-hydrogen) atoms. The molecule has 0 aliphatic rings. The van der Waals surface area contributed by atoms with E-state index >= 15 is 0 Å². The Morgan fingerprint density at radius 3 is 2.53 bits per heavy atom. The van der Waals surface area contributed by atoms with Crippen LogP contribution in [0.3, 0.4) is 0 Å². The third kappa shape index (κ3) is 5.70. The molecule has 0 amide bonds. The number of hydrogen-bond donors (Lipinski definition) is 1. The molecule has 0 spiro atoms. The minimum atomic E-state index is -0.806. The zero-order valence-electron chi connectivity index (χ0n) is 11.2. The third-order valence-electron chi connectivity index (χ3n) is 2.82. The van der Waals surface area contributed by atoms with Crippen LogP contribution < -0.4 is 4.90 Å². The first-order valence-electron chi connectivity index (χ1n) is 6.32. The first-order valence-corrected chi connectivity index (χ1v) is 7.07. The number of anilines is 1. The number of halogens is 2. The molecule has 1 aromatic rings. The lowest BCUT2D eigenvalue weighted by Gasteiger charge is -2.26. The lowest BCUT2D eigenvalue weighted by Crippen LogP contribution is -2.28. The molecule has 0 atom stereocenters. The number of carbonyl (C=O) groups is 1. The van der Waals surface area contributed by atoms with Gasteiger partial charge in [0.15, 0.2) is 0 Å². The van der Waals surface area contributed by atoms with E-state index in [0.717, 1.165) is 18.7 Å². The van der Waals surface area contributed by atoms with Crippen molar-refractivity contribution in [2.24, 2.45) is 5.92 Å². The van der Waals surface area contributed by atoms with Crippen molar-refractivity contribution in [3.05, 3.63) is 28.2 Å². The highest BCUT2D eigenvalue weighted by molar-refractivity contribution is 6.36. The van der Waals surface area contributed by atoms with E-state index in [0.29, 0.717) is 22.5 Å². The predicted molar refractivity (Wildman–Crippen MR) is 80.4 cm³/mol. The van der Waals surface area contributed by atoms with Gasteiger partial charge in [0.05, 0.1) is 17.1 Å². The molecule has 0 unspecified atom stereocenters. The molecule has 0 aliphatic heterocycles. The molecule has 0 radical (unpaired) electrons. The number of nitrogens with zero attached hydrogens (tertiary/aromatic N) is 1. The number of hydrogen-bond acceptors (Lipinski definition) is 2. The van der Waals surface area contributed by atoms with E-state index in [4.69, 9.17) is 28.3 Å². The van der Waals surface area contributed by atoms with Gasteiger partial charge >= 0.3 is 5.97 Å². The number of benzene rings is 1. The maximum Gasteiger partial charge on any atom is 0.305 e. The molecular weight excluding hydrogens is 285 g/mol. The summed E-state index contributed by atoms with van der Waals surface area (Å²) in [4.78, 5) is 12.7. The van der Waals surface area contributed by atoms with E-state index in [2.05, 4.69) is 13.8 Å². The summed E-state index contributed by atoms with van der Waals surface area (Å²) >= 11 is 12.1. The van der Waals surface area contributed by atoms with E-state index < -0.39 is 5.97 Å². The van der Waals surface area contributed by atoms with Crippen LogP contribution in [0.5, 0.6) is 0 Å². The van der Waals surface area contributed by atoms with Gasteiger partial charge in [-0.25, -0.2) is 0 Å². The van der Waals surface area contributed by atoms with E-state index in [-0.39, 0.29) is 6.42 Å². The third-order valence-corrected chi connectivity index (χ3v) is 3.36. The van der Waals surface area contributed by atoms with Crippen molar-refractivity contribution in [3.63, 3.8) is 0 Å². The van der Waals surface area contributed by atoms with Crippen LogP contribution in [0.2, 0.25) is 10.0 Å². The lowest BCUT2D eigenvalue weighted by molar-refractivity contribution is -0.136. The fourth-order valence-electron chi connectivity index (χ4n) is 1.74. The Balaban J connectivity index is 2.83. The Bertz CT molecular complexity index is 435. The average Bonchev–Trinajstić information content (AvgIpc) is 2.30. The van der Waals surface area contributed by atoms with E-state index in [9.17, 15) is 4.79 Å². The van der Waals surface area contributed by atoms with Gasteiger partial charge in [-0.15, -0.1) is 0 Å². The number of aliphatic carboxylic acids is 1. The molecule has 106 valence electrons. The van der Waals surface area contributed by atoms with Gasteiger partial charge in [-0.05, 0) is 30.5 Å². The molecule has 1 rings (SSSR count). The molecule has 0 bridgehead atoms. The molecule has 0 saturated heterocycles. The van der Waals surface area contributed by atoms with E-state index in [1.807, 2.05) is 11.0 Å². The topological polar surface area (TPSA) is 40.5 Å². The number of rotatable bonds is 7. The lowest BCUT2D eigenvalue weighted by atomic mass is 10.1. The van der Waals surface area contributed by atoms with Gasteiger partial charge in [-0.1, -0.05) is 37.0 Å². The quantitative estimate of drug-likeness (QED) is 0.815. The summed E-state index contributed by atoms with van der Waals surface area (Å²) in [6.07, 6.45) is 1.08. The zero-order chi connectivity index (χ0) is 14.4. The number of carboxylic acid groups (broad SMARTS) is 1. The second-order valence-electron chi connectivity index (χ2n) is 4.91. The molecule has 3 nitrogen and oxygen atoms in total. The smallest absolute Gasteiger partial charge is 0.305 e. The van der Waals surface area contributed by atoms with Gasteiger partial charge in [0.2, 0.25) is 0 Å². The van der Waals surface area contributed by atoms with Crippen LogP contribution in [-0.2, 0) is 4.79 Å². The van der Waals surface area contributed by atoms with E-state index in [1.165, 1.54) is 0 Å². The summed E-state index contributed by atoms with van der Waals surface area (Å²) in [6.45, 7) is 5.51. The molecule has 0 heterocycles. The summed E-state index contributed by atoms with van der Waals surface area (Å²) in [5.74, 6) is -0.252. The highest BCUT2D eigenvalue weighted by Gasteiger charge is 2.13. The average molecular weight is 304 g/mol. The van der Waals surface area contributed by atoms with Crippen molar-refractivity contribution in [2.75, 3.05) is 18.0 Å². The standard InChI is InChI=1S/C14H19Cl2NO2/c1-10(2)5-7-17(8-6-14(18)19)13-4-3-11(15)9-12(13)16/h3-4,9-10H,5-8H2,1-2H3,(H,18,19). The van der Waals surface area contributed by atoms with Crippen molar-refractivity contribution in [1.29, 1.82) is 0 Å². The Kier molecular flexibility index (Phi) is 6.46. The van der Waals surface area contributed by atoms with Crippen LogP contribution in [0.25, 0.3) is 0 Å². The summed E-state index contributed by atoms with van der Waals surface area (Å²) in [5.41, 5.74) is 0.841. The minimum absolute atomic E-state index is 0.0943. The summed E-state index contributed by atoms with van der Waals surface area (Å²) < 4.78 is 0. The predicted octanol–water partition coefficient (Wildman–Crippen LogP) is 4.32. The molecule has 1 N–H and O–H groups in total. The largest absolute Gasteiger partial charge is 0.481 e. The fourth-order valence-corrected chi connectivity index (χ4v) is 2.26. The second-order valence-corrected chi connectivity index (χ2v) is 5.75. The van der Waals surface area contributed by atoms with Crippen LogP contribution in [0.4, 0.5) is 5.69 Å². The number of carboxylic acids is 1. The van der Waals surface area contributed by atoms with Crippen molar-refractivity contribution >= 4 is 34.9 Å². The van der Waals surface area contributed by atoms with Crippen LogP contribution in [0, 0.1) is 5.92 Å². The van der Waals surface area contributed by atoms with Gasteiger partial charge in [0.1, 0.15) is 0 Å². The maximum absolute atomic E-state index is 10.7. The van der Waals surface area contributed by atoms with Crippen LogP contribution >= 0.6 is 23.2 Å². The molecule has 0 aromatic heterocycles. The Hall–Kier alpha value is -0.930. The normalized spacial score (nSPS) is 10.8. The fraction of sp³-hybridized carbons (Fsp3) is 0.500. The van der Waals surface area contributed by atoms with Crippen LogP contribution in [0.1, 0.15) is 26.7 Å². The Morgan fingerprint density at radius 1 is 1.32 bits per heavy atom. The van der Waals surface area contributed by atoms with Gasteiger partial charge in [0, 0.05) is 18.1 Å². The molecular formula is C14H19Cl2NO2. The van der Waals surface area contributed by atoms with Gasteiger partial charge < -0.3 is 10.0 Å². The molecule has 0 aliphatic carbocycles. The van der Waals surface area contributed by atoms with Crippen molar-refractivity contribution in [3.8, 4) is 0 Å². The minimum Gasteiger partial charge on any atom is -0.481 e. The summed E-state index contributed by atoms with van der Waals surface area (Å²) in [5, 5.41) is 9.96. The van der Waals surface area contributed by atoms with Crippen molar-refractivity contribution in [1.82, 2.24) is 0 Å². The highest BCUT2D eigenvalue weighted by Crippen LogP contribution is 2.29. The molecule has 5 heteroatoms. The molecule has 1 aromatic carbocycles. The van der Waals surface area contributed by atoms with E-state index in [1.54, 1.807) is 12.1 Å². The Morgan fingerprint density at radius 2 is 2.00 bits per heavy atom. The molecule has 0 saturated carbocycles. The highest BCUT2D eigenvalue weighted by atomic mass is 35.5. The Labute approximate surface area is 124 Å². The second kappa shape index (κ2) is 7.61. The maximum atomic E-state index is 10.7. The monoisotopic (exact) mass is 303 g/mol. The van der Waals surface area contributed by atoms with Crippen molar-refractivity contribution < 1.29 is 9.90 Å². The molecule has 0 fully saturated rings. The summed E-state index contributed by atoms with van der Waals surface area (Å²) in [6, 6.07) is 5.29. The van der Waals surface area contributed by atoms with Gasteiger partial charge in [-0.3, -0.25) is 4.79 Å². The van der Waals surface area contributed by atoms with Gasteiger partial charge in [-0.2, -0.15) is 0 Å². The van der Waals surface area contributed by atoms with Gasteiger partial charge in [0.25, 0.3) is 0 Å². The summed E-state index contributed by atoms with van der Waals surface area (Å²) in [7, 11) is 0.